The van der Waals surface area contributed by atoms with Gasteiger partial charge in [-0.1, -0.05) is 19.9 Å². The van der Waals surface area contributed by atoms with Gasteiger partial charge in [-0.25, -0.2) is 13.2 Å². The molecule has 0 spiro atoms. The van der Waals surface area contributed by atoms with Crippen molar-refractivity contribution in [3.63, 3.8) is 0 Å². The van der Waals surface area contributed by atoms with Crippen LogP contribution in [0.15, 0.2) is 47.4 Å². The van der Waals surface area contributed by atoms with Crippen LogP contribution in [0.3, 0.4) is 0 Å². The van der Waals surface area contributed by atoms with E-state index in [0.717, 1.165) is 5.56 Å². The van der Waals surface area contributed by atoms with E-state index < -0.39 is 28.5 Å². The lowest BCUT2D eigenvalue weighted by Crippen LogP contribution is -2.30. The highest BCUT2D eigenvalue weighted by atomic mass is 32.2. The van der Waals surface area contributed by atoms with Gasteiger partial charge in [0.25, 0.3) is 5.91 Å². The Bertz CT molecular complexity index is 1050. The van der Waals surface area contributed by atoms with Gasteiger partial charge in [-0.2, -0.15) is 4.31 Å². The van der Waals surface area contributed by atoms with Crippen LogP contribution in [0.2, 0.25) is 0 Å². The zero-order chi connectivity index (χ0) is 22.4. The highest BCUT2D eigenvalue weighted by Gasteiger charge is 2.22. The molecule has 0 saturated carbocycles. The molecule has 1 aliphatic rings. The van der Waals surface area contributed by atoms with Crippen LogP contribution in [0.5, 0.6) is 11.5 Å². The minimum atomic E-state index is -3.61. The standard InChI is InChI=1S/C21H24N2O7S/c1-3-23(4-2)31(26,27)17-8-6-16(7-9-17)21(25)28-13-20(24)22-12-15-5-10-18-19(11-15)30-14-29-18/h5-11H,3-4,12-14H2,1-2H3,(H,22,24). The van der Waals surface area contributed by atoms with Gasteiger partial charge in [0.1, 0.15) is 0 Å². The fourth-order valence-electron chi connectivity index (χ4n) is 2.99. The second-order valence-corrected chi connectivity index (χ2v) is 8.59. The van der Waals surface area contributed by atoms with E-state index in [1.807, 2.05) is 0 Å². The molecule has 0 radical (unpaired) electrons. The van der Waals surface area contributed by atoms with Crippen molar-refractivity contribution < 1.29 is 32.2 Å². The third-order valence-electron chi connectivity index (χ3n) is 4.69. The molecule has 0 atom stereocenters. The summed E-state index contributed by atoms with van der Waals surface area (Å²) in [4.78, 5) is 24.2. The Hall–Kier alpha value is -3.11. The number of hydrogen-bond donors (Lipinski definition) is 1. The summed E-state index contributed by atoms with van der Waals surface area (Å²) in [6, 6.07) is 10.8. The van der Waals surface area contributed by atoms with Crippen molar-refractivity contribution in [3.05, 3.63) is 53.6 Å². The predicted molar refractivity (Wildman–Crippen MR) is 111 cm³/mol. The number of carbonyl (C=O) groups excluding carboxylic acids is 2. The molecule has 1 amide bonds. The maximum Gasteiger partial charge on any atom is 0.338 e. The zero-order valence-corrected chi connectivity index (χ0v) is 18.1. The zero-order valence-electron chi connectivity index (χ0n) is 17.3. The molecule has 1 aliphatic heterocycles. The monoisotopic (exact) mass is 448 g/mol. The lowest BCUT2D eigenvalue weighted by atomic mass is 10.2. The minimum absolute atomic E-state index is 0.0919. The summed E-state index contributed by atoms with van der Waals surface area (Å²) in [5.41, 5.74) is 0.969. The van der Waals surface area contributed by atoms with Crippen molar-refractivity contribution in [2.75, 3.05) is 26.5 Å². The average Bonchev–Trinajstić information content (AvgIpc) is 3.24. The Labute approximate surface area is 181 Å². The smallest absolute Gasteiger partial charge is 0.338 e. The van der Waals surface area contributed by atoms with Gasteiger partial charge in [0.05, 0.1) is 10.5 Å². The maximum atomic E-state index is 12.5. The van der Waals surface area contributed by atoms with E-state index in [1.165, 1.54) is 28.6 Å². The topological polar surface area (TPSA) is 111 Å². The Balaban J connectivity index is 1.50. The van der Waals surface area contributed by atoms with Crippen LogP contribution in [0.1, 0.15) is 29.8 Å². The molecule has 1 N–H and O–H groups in total. The van der Waals surface area contributed by atoms with E-state index in [9.17, 15) is 18.0 Å². The summed E-state index contributed by atoms with van der Waals surface area (Å²) in [5, 5.41) is 2.65. The summed E-state index contributed by atoms with van der Waals surface area (Å²) in [6.07, 6.45) is 0. The number of amides is 1. The Morgan fingerprint density at radius 3 is 2.39 bits per heavy atom. The second kappa shape index (κ2) is 9.80. The third-order valence-corrected chi connectivity index (χ3v) is 6.76. The molecule has 9 nitrogen and oxygen atoms in total. The van der Waals surface area contributed by atoms with Crippen molar-refractivity contribution in [1.82, 2.24) is 9.62 Å². The molecule has 2 aromatic carbocycles. The Kier molecular flexibility index (Phi) is 7.13. The Morgan fingerprint density at radius 2 is 1.71 bits per heavy atom. The van der Waals surface area contributed by atoms with Crippen molar-refractivity contribution in [2.24, 2.45) is 0 Å². The number of fused-ring (bicyclic) bond motifs is 1. The molecule has 166 valence electrons. The number of benzene rings is 2. The quantitative estimate of drug-likeness (QED) is 0.584. The molecule has 0 bridgehead atoms. The highest BCUT2D eigenvalue weighted by molar-refractivity contribution is 7.89. The molecule has 0 fully saturated rings. The number of ether oxygens (including phenoxy) is 3. The van der Waals surface area contributed by atoms with E-state index in [0.29, 0.717) is 24.6 Å². The van der Waals surface area contributed by atoms with E-state index >= 15 is 0 Å². The van der Waals surface area contributed by atoms with Gasteiger partial charge in [0.15, 0.2) is 18.1 Å². The lowest BCUT2D eigenvalue weighted by molar-refractivity contribution is -0.124. The number of sulfonamides is 1. The van der Waals surface area contributed by atoms with Crippen LogP contribution in [-0.2, 0) is 26.1 Å². The maximum absolute atomic E-state index is 12.5. The fraction of sp³-hybridized carbons (Fsp3) is 0.333. The SMILES string of the molecule is CCN(CC)S(=O)(=O)c1ccc(C(=O)OCC(=O)NCc2ccc3c(c2)OCO3)cc1. The van der Waals surface area contributed by atoms with Crippen LogP contribution in [0, 0.1) is 0 Å². The molecule has 0 aliphatic carbocycles. The summed E-state index contributed by atoms with van der Waals surface area (Å²) in [5.74, 6) is 0.0846. The lowest BCUT2D eigenvalue weighted by Gasteiger charge is -2.18. The number of carbonyl (C=O) groups is 2. The van der Waals surface area contributed by atoms with Gasteiger partial charge >= 0.3 is 5.97 Å². The van der Waals surface area contributed by atoms with E-state index in [2.05, 4.69) is 5.32 Å². The highest BCUT2D eigenvalue weighted by Crippen LogP contribution is 2.32. The van der Waals surface area contributed by atoms with Crippen LogP contribution in [0.25, 0.3) is 0 Å². The van der Waals surface area contributed by atoms with Crippen LogP contribution in [-0.4, -0.2) is 51.1 Å². The first kappa shape index (κ1) is 22.6. The number of nitrogens with zero attached hydrogens (tertiary/aromatic N) is 1. The van der Waals surface area contributed by atoms with Gasteiger partial charge in [0, 0.05) is 19.6 Å². The molecule has 0 unspecified atom stereocenters. The summed E-state index contributed by atoms with van der Waals surface area (Å²) >= 11 is 0. The largest absolute Gasteiger partial charge is 0.454 e. The van der Waals surface area contributed by atoms with E-state index in [1.54, 1.807) is 32.0 Å². The average molecular weight is 448 g/mol. The Morgan fingerprint density at radius 1 is 1.03 bits per heavy atom. The molecule has 1 heterocycles. The summed E-state index contributed by atoms with van der Waals surface area (Å²) < 4.78 is 41.8. The molecule has 0 saturated heterocycles. The number of esters is 1. The fourth-order valence-corrected chi connectivity index (χ4v) is 4.45. The van der Waals surface area contributed by atoms with Gasteiger partial charge in [-0.3, -0.25) is 4.79 Å². The van der Waals surface area contributed by atoms with Crippen molar-refractivity contribution >= 4 is 21.9 Å². The van der Waals surface area contributed by atoms with Crippen LogP contribution >= 0.6 is 0 Å². The van der Waals surface area contributed by atoms with Crippen LogP contribution < -0.4 is 14.8 Å². The normalized spacial score (nSPS) is 12.6. The summed E-state index contributed by atoms with van der Waals surface area (Å²) in [6.45, 7) is 4.17. The first-order chi connectivity index (χ1) is 14.8. The van der Waals surface area contributed by atoms with Gasteiger partial charge in [-0.15, -0.1) is 0 Å². The molecule has 0 aromatic heterocycles. The van der Waals surface area contributed by atoms with E-state index in [4.69, 9.17) is 14.2 Å². The van der Waals surface area contributed by atoms with Gasteiger partial charge < -0.3 is 19.5 Å². The first-order valence-electron chi connectivity index (χ1n) is 9.77. The van der Waals surface area contributed by atoms with Crippen LogP contribution in [0.4, 0.5) is 0 Å². The number of nitrogens with one attached hydrogen (secondary N) is 1. The van der Waals surface area contributed by atoms with Gasteiger partial charge in [-0.05, 0) is 42.0 Å². The molecule has 10 heteroatoms. The van der Waals surface area contributed by atoms with E-state index in [-0.39, 0.29) is 23.8 Å². The third kappa shape index (κ3) is 5.33. The summed E-state index contributed by atoms with van der Waals surface area (Å²) in [7, 11) is -3.61. The number of hydrogen-bond acceptors (Lipinski definition) is 7. The van der Waals surface area contributed by atoms with Gasteiger partial charge in [0.2, 0.25) is 16.8 Å². The molecular weight excluding hydrogens is 424 g/mol. The molecular formula is C21H24N2O7S. The van der Waals surface area contributed by atoms with Crippen molar-refractivity contribution in [1.29, 1.82) is 0 Å². The van der Waals surface area contributed by atoms with Crippen molar-refractivity contribution in [3.8, 4) is 11.5 Å². The predicted octanol–water partition coefficient (Wildman–Crippen LogP) is 1.92. The first-order valence-corrected chi connectivity index (χ1v) is 11.2. The number of rotatable bonds is 9. The second-order valence-electron chi connectivity index (χ2n) is 6.65. The minimum Gasteiger partial charge on any atom is -0.454 e. The molecule has 3 rings (SSSR count). The van der Waals surface area contributed by atoms with Crippen molar-refractivity contribution in [2.45, 2.75) is 25.3 Å². The molecule has 2 aromatic rings. The molecule has 31 heavy (non-hydrogen) atoms.